The van der Waals surface area contributed by atoms with Gasteiger partial charge in [-0.1, -0.05) is 65.7 Å². The Morgan fingerprint density at radius 3 is 2.22 bits per heavy atom. The monoisotopic (exact) mass is 667 g/mol. The summed E-state index contributed by atoms with van der Waals surface area (Å²) in [7, 11) is 0. The van der Waals surface area contributed by atoms with Crippen LogP contribution < -0.4 is 11.5 Å². The molecule has 1 unspecified atom stereocenters. The summed E-state index contributed by atoms with van der Waals surface area (Å²) in [6, 6.07) is 19.0. The molecule has 0 saturated carbocycles. The Bertz CT molecular complexity index is 1400. The molecule has 0 bridgehead atoms. The Morgan fingerprint density at radius 2 is 1.54 bits per heavy atom. The molecule has 0 amide bonds. The van der Waals surface area contributed by atoms with Crippen LogP contribution in [-0.4, -0.2) is 32.4 Å². The number of carbonyl (C=O) groups is 2. The van der Waals surface area contributed by atoms with Crippen molar-refractivity contribution in [1.82, 2.24) is 14.8 Å². The number of ketones is 2. The summed E-state index contributed by atoms with van der Waals surface area (Å²) in [5.41, 5.74) is 14.5. The predicted octanol–water partition coefficient (Wildman–Crippen LogP) is 5.41. The first kappa shape index (κ1) is 30.8. The summed E-state index contributed by atoms with van der Waals surface area (Å²) < 4.78 is 1.58. The number of Topliss-reactive ketones (excluding diaryl/α,β-unsaturated/α-hetero) is 1. The number of hydrogen-bond donors (Lipinski definition) is 2. The van der Waals surface area contributed by atoms with Crippen LogP contribution in [-0.2, 0) is 11.2 Å². The van der Waals surface area contributed by atoms with E-state index in [4.69, 9.17) is 34.7 Å². The van der Waals surface area contributed by atoms with Crippen LogP contribution in [0.2, 0.25) is 10.0 Å². The van der Waals surface area contributed by atoms with Gasteiger partial charge in [-0.15, -0.1) is 44.2 Å². The molecule has 0 radical (unpaired) electrons. The van der Waals surface area contributed by atoms with Crippen molar-refractivity contribution in [1.29, 1.82) is 0 Å². The third-order valence-corrected chi connectivity index (χ3v) is 6.23. The fourth-order valence-electron chi connectivity index (χ4n) is 3.88. The number of benzene rings is 3. The largest absolute Gasteiger partial charge is 0.321 e. The van der Waals surface area contributed by atoms with E-state index in [1.54, 1.807) is 54.0 Å². The lowest BCUT2D eigenvalue weighted by molar-refractivity contribution is -0.121. The normalized spacial score (nSPS) is 12.1. The summed E-state index contributed by atoms with van der Waals surface area (Å²) >= 11 is 12.5. The smallest absolute Gasteiger partial charge is 0.196 e. The van der Waals surface area contributed by atoms with E-state index in [1.807, 2.05) is 30.3 Å². The lowest BCUT2D eigenvalue weighted by atomic mass is 9.98. The van der Waals surface area contributed by atoms with Crippen molar-refractivity contribution in [3.63, 3.8) is 0 Å². The zero-order valence-corrected chi connectivity index (χ0v) is 24.6. The van der Waals surface area contributed by atoms with Gasteiger partial charge in [0.25, 0.3) is 0 Å². The molecule has 4 rings (SSSR count). The maximum absolute atomic E-state index is 13.5. The molecule has 3 aromatic carbocycles. The van der Waals surface area contributed by atoms with Gasteiger partial charge in [0.05, 0.1) is 16.8 Å². The van der Waals surface area contributed by atoms with Crippen molar-refractivity contribution in [3.8, 4) is 5.69 Å². The highest BCUT2D eigenvalue weighted by Gasteiger charge is 2.30. The van der Waals surface area contributed by atoms with Gasteiger partial charge in [0.2, 0.25) is 0 Å². The number of aryl methyl sites for hydroxylation is 1. The molecule has 37 heavy (non-hydrogen) atoms. The molecule has 4 aromatic rings. The number of aromatic nitrogens is 3. The Labute approximate surface area is 245 Å². The molecule has 7 nitrogen and oxygen atoms in total. The topological polar surface area (TPSA) is 117 Å². The van der Waals surface area contributed by atoms with Gasteiger partial charge >= 0.3 is 0 Å². The van der Waals surface area contributed by atoms with Gasteiger partial charge in [0.1, 0.15) is 11.9 Å². The first-order valence-corrected chi connectivity index (χ1v) is 11.6. The van der Waals surface area contributed by atoms with E-state index >= 15 is 0 Å². The molecule has 0 aliphatic rings. The highest BCUT2D eigenvalue weighted by Crippen LogP contribution is 2.28. The van der Waals surface area contributed by atoms with Crippen LogP contribution in [0.25, 0.3) is 5.69 Å². The van der Waals surface area contributed by atoms with Crippen molar-refractivity contribution >= 4 is 68.7 Å². The van der Waals surface area contributed by atoms with Crippen LogP contribution in [0.3, 0.4) is 0 Å². The second-order valence-corrected chi connectivity index (χ2v) is 8.93. The zero-order chi connectivity index (χ0) is 25.1. The van der Waals surface area contributed by atoms with E-state index in [2.05, 4.69) is 10.2 Å². The predicted molar refractivity (Wildman–Crippen MR) is 157 cm³/mol. The number of halogens is 4. The molecular formula is C26H25Br2Cl2N5O2. The SMILES string of the molecule is Br.Br.Cc1nnc(C(N)C(=O)[C@@H](N)Cc2ccccc2)n1-c1ccc(Cl)cc1C(=O)c1ccccc1Cl. The number of rotatable bonds is 8. The van der Waals surface area contributed by atoms with E-state index < -0.39 is 17.9 Å². The molecule has 1 aromatic heterocycles. The first-order chi connectivity index (χ1) is 16.8. The van der Waals surface area contributed by atoms with Crippen LogP contribution in [0.1, 0.15) is 39.2 Å². The quantitative estimate of drug-likeness (QED) is 0.243. The molecule has 2 atom stereocenters. The average Bonchev–Trinajstić information content (AvgIpc) is 3.24. The van der Waals surface area contributed by atoms with Crippen molar-refractivity contribution in [3.05, 3.63) is 111 Å². The Hall–Kier alpha value is -2.40. The third kappa shape index (κ3) is 6.73. The summed E-state index contributed by atoms with van der Waals surface area (Å²) in [6.45, 7) is 1.70. The van der Waals surface area contributed by atoms with Gasteiger partial charge < -0.3 is 11.5 Å². The number of nitrogens with zero attached hydrogens (tertiary/aromatic N) is 3. The minimum Gasteiger partial charge on any atom is -0.321 e. The number of carbonyl (C=O) groups excluding carboxylic acids is 2. The van der Waals surface area contributed by atoms with Gasteiger partial charge in [0, 0.05) is 16.1 Å². The maximum atomic E-state index is 13.5. The van der Waals surface area contributed by atoms with E-state index in [0.717, 1.165) is 5.56 Å². The molecule has 1 heterocycles. The van der Waals surface area contributed by atoms with Gasteiger partial charge in [0.15, 0.2) is 17.4 Å². The summed E-state index contributed by atoms with van der Waals surface area (Å²) in [5, 5.41) is 8.95. The molecule has 4 N–H and O–H groups in total. The molecule has 0 spiro atoms. The van der Waals surface area contributed by atoms with Gasteiger partial charge in [-0.3, -0.25) is 14.2 Å². The van der Waals surface area contributed by atoms with Crippen LogP contribution in [0.15, 0.2) is 72.8 Å². The molecule has 11 heteroatoms. The van der Waals surface area contributed by atoms with Crippen LogP contribution in [0.5, 0.6) is 0 Å². The second-order valence-electron chi connectivity index (χ2n) is 8.09. The number of hydrogen-bond acceptors (Lipinski definition) is 6. The second kappa shape index (κ2) is 13.4. The zero-order valence-electron chi connectivity index (χ0n) is 19.7. The number of nitrogens with two attached hydrogens (primary N) is 2. The third-order valence-electron chi connectivity index (χ3n) is 5.66. The summed E-state index contributed by atoms with van der Waals surface area (Å²) in [5.74, 6) is -0.120. The van der Waals surface area contributed by atoms with E-state index in [1.165, 1.54) is 0 Å². The minimum absolute atomic E-state index is 0. The lowest BCUT2D eigenvalue weighted by Gasteiger charge is -2.19. The Balaban J connectivity index is 0.00000241. The lowest BCUT2D eigenvalue weighted by Crippen LogP contribution is -2.40. The van der Waals surface area contributed by atoms with Gasteiger partial charge in [-0.25, -0.2) is 0 Å². The maximum Gasteiger partial charge on any atom is 0.196 e. The molecule has 0 aliphatic carbocycles. The first-order valence-electron chi connectivity index (χ1n) is 10.9. The standard InChI is InChI=1S/C26H23Cl2N5O2.2BrH/c1-15-31-32-26(23(30)25(35)21(29)13-16-7-3-2-4-8-16)33(15)22-12-11-17(27)14-19(22)24(34)18-9-5-6-10-20(18)28;;/h2-12,14,21,23H,13,29-30H2,1H3;2*1H/t21-,23?;;/m0../s1. The van der Waals surface area contributed by atoms with Crippen LogP contribution in [0.4, 0.5) is 0 Å². The van der Waals surface area contributed by atoms with E-state index in [-0.39, 0.29) is 51.1 Å². The van der Waals surface area contributed by atoms with Crippen molar-refractivity contribution in [2.75, 3.05) is 0 Å². The van der Waals surface area contributed by atoms with Crippen molar-refractivity contribution < 1.29 is 9.59 Å². The van der Waals surface area contributed by atoms with Crippen molar-refractivity contribution in [2.24, 2.45) is 11.5 Å². The molecule has 0 saturated heterocycles. The van der Waals surface area contributed by atoms with Gasteiger partial charge in [-0.2, -0.15) is 0 Å². The van der Waals surface area contributed by atoms with Crippen LogP contribution in [0, 0.1) is 6.92 Å². The molecular weight excluding hydrogens is 645 g/mol. The van der Waals surface area contributed by atoms with Gasteiger partial charge in [-0.05, 0) is 49.2 Å². The minimum atomic E-state index is -1.16. The summed E-state index contributed by atoms with van der Waals surface area (Å²) in [6.07, 6.45) is 0.331. The Morgan fingerprint density at radius 1 is 0.892 bits per heavy atom. The highest BCUT2D eigenvalue weighted by molar-refractivity contribution is 8.93. The van der Waals surface area contributed by atoms with E-state index in [9.17, 15) is 9.59 Å². The molecule has 0 aliphatic heterocycles. The Kier molecular flexibility index (Phi) is 11.2. The van der Waals surface area contributed by atoms with Crippen LogP contribution >= 0.6 is 57.2 Å². The molecule has 194 valence electrons. The fraction of sp³-hybridized carbons (Fsp3) is 0.154. The summed E-state index contributed by atoms with van der Waals surface area (Å²) in [4.78, 5) is 26.6. The van der Waals surface area contributed by atoms with Crippen molar-refractivity contribution in [2.45, 2.75) is 25.4 Å². The van der Waals surface area contributed by atoms with E-state index in [0.29, 0.717) is 33.5 Å². The average molecular weight is 670 g/mol. The highest BCUT2D eigenvalue weighted by atomic mass is 79.9. The molecule has 0 fully saturated rings. The fourth-order valence-corrected chi connectivity index (χ4v) is 4.27.